The van der Waals surface area contributed by atoms with Gasteiger partial charge in [0, 0.05) is 19.6 Å². The maximum absolute atomic E-state index is 10.3. The molecule has 1 fully saturated rings. The molecule has 0 saturated carbocycles. The molecule has 15 N–H and O–H groups in total. The quantitative estimate of drug-likeness (QED) is 0.0254. The topological polar surface area (TPSA) is 377 Å². The lowest BCUT2D eigenvalue weighted by atomic mass is 10.2. The van der Waals surface area contributed by atoms with Gasteiger partial charge in [0.2, 0.25) is 0 Å². The summed E-state index contributed by atoms with van der Waals surface area (Å²) in [6.45, 7) is 2.82. The molecule has 0 aromatic heterocycles. The first-order chi connectivity index (χ1) is 29.8. The molecule has 11 unspecified atom stereocenters. The van der Waals surface area contributed by atoms with Gasteiger partial charge in [-0.05, 0) is 27.7 Å². The first kappa shape index (κ1) is 64.1. The highest BCUT2D eigenvalue weighted by Gasteiger charge is 2.26. The highest BCUT2D eigenvalue weighted by Crippen LogP contribution is 2.11. The van der Waals surface area contributed by atoms with Gasteiger partial charge in [0.05, 0.1) is 156 Å². The van der Waals surface area contributed by atoms with E-state index < -0.39 is 114 Å². The van der Waals surface area contributed by atoms with E-state index in [0.717, 1.165) is 6.61 Å². The van der Waals surface area contributed by atoms with Gasteiger partial charge < -0.3 is 115 Å². The summed E-state index contributed by atoms with van der Waals surface area (Å²) in [6, 6.07) is 0. The van der Waals surface area contributed by atoms with Crippen LogP contribution >= 0.6 is 0 Å². The molecule has 0 aromatic carbocycles. The molecule has 0 aliphatic carbocycles. The molecule has 382 valence electrons. The van der Waals surface area contributed by atoms with Gasteiger partial charge in [-0.1, -0.05) is 0 Å². The van der Waals surface area contributed by atoms with Crippen molar-refractivity contribution in [2.45, 2.75) is 107 Å². The van der Waals surface area contributed by atoms with Crippen molar-refractivity contribution in [1.82, 2.24) is 11.1 Å². The van der Waals surface area contributed by atoms with Crippen LogP contribution in [0.25, 0.3) is 0 Å². The van der Waals surface area contributed by atoms with E-state index in [4.69, 9.17) is 52.8 Å². The van der Waals surface area contributed by atoms with Crippen molar-refractivity contribution in [2.24, 2.45) is 0 Å². The SMILES string of the molecule is CC(C)OC(CO)COC(CO)COC(CO)CN(CC(CO)OCC(CO)OCC(CO)OCC(O)CO)CC(CO)OCC(CO)OCC(CO)OC(C)C.N.OCC1CO1. The van der Waals surface area contributed by atoms with Crippen LogP contribution in [0.5, 0.6) is 0 Å². The third-order valence-corrected chi connectivity index (χ3v) is 8.60. The van der Waals surface area contributed by atoms with Crippen molar-refractivity contribution in [3.05, 3.63) is 0 Å². The van der Waals surface area contributed by atoms with Crippen LogP contribution in [0.4, 0.5) is 0 Å². The third-order valence-electron chi connectivity index (χ3n) is 8.60. The normalized spacial score (nSPS) is 18.8. The van der Waals surface area contributed by atoms with Crippen LogP contribution < -0.4 is 6.15 Å². The number of aliphatic hydroxyl groups is 12. The fraction of sp³-hybridized carbons (Fsp3) is 1.00. The van der Waals surface area contributed by atoms with Gasteiger partial charge in [-0.3, -0.25) is 4.90 Å². The number of hydrogen-bond donors (Lipinski definition) is 13. The van der Waals surface area contributed by atoms with E-state index in [0.29, 0.717) is 0 Å². The molecule has 1 saturated heterocycles. The van der Waals surface area contributed by atoms with E-state index in [9.17, 15) is 51.1 Å². The van der Waals surface area contributed by atoms with Gasteiger partial charge in [0.1, 0.15) is 48.8 Å². The van der Waals surface area contributed by atoms with Crippen LogP contribution in [0.1, 0.15) is 27.7 Å². The van der Waals surface area contributed by atoms with E-state index in [1.54, 1.807) is 32.6 Å². The molecule has 1 rings (SSSR count). The van der Waals surface area contributed by atoms with Crippen LogP contribution in [0, 0.1) is 0 Å². The summed E-state index contributed by atoms with van der Waals surface area (Å²) >= 11 is 0. The lowest BCUT2D eigenvalue weighted by Gasteiger charge is -2.33. The Labute approximate surface area is 371 Å². The zero-order valence-electron chi connectivity index (χ0n) is 37.7. The lowest BCUT2D eigenvalue weighted by molar-refractivity contribution is -0.131. The van der Waals surface area contributed by atoms with Crippen LogP contribution in [0.15, 0.2) is 0 Å². The first-order valence-electron chi connectivity index (χ1n) is 21.1. The number of ether oxygens (including phenoxy) is 10. The Kier molecular flexibility index (Phi) is 42.0. The Hall–Kier alpha value is -0.960. The summed E-state index contributed by atoms with van der Waals surface area (Å²) in [7, 11) is 0. The van der Waals surface area contributed by atoms with E-state index in [1.807, 2.05) is 0 Å². The molecule has 0 amide bonds. The molecule has 0 aromatic rings. The second-order valence-corrected chi connectivity index (χ2v) is 15.1. The number of rotatable bonds is 42. The zero-order chi connectivity index (χ0) is 46.7. The van der Waals surface area contributed by atoms with Crippen LogP contribution in [-0.4, -0.2) is 291 Å². The maximum Gasteiger partial charge on any atom is 0.104 e. The smallest absolute Gasteiger partial charge is 0.104 e. The minimum Gasteiger partial charge on any atom is -0.394 e. The largest absolute Gasteiger partial charge is 0.394 e. The van der Waals surface area contributed by atoms with Crippen molar-refractivity contribution >= 4 is 0 Å². The van der Waals surface area contributed by atoms with Crippen molar-refractivity contribution in [1.29, 1.82) is 0 Å². The van der Waals surface area contributed by atoms with Crippen LogP contribution in [-0.2, 0) is 47.4 Å². The van der Waals surface area contributed by atoms with Gasteiger partial charge in [-0.25, -0.2) is 0 Å². The van der Waals surface area contributed by atoms with E-state index in [-0.39, 0.29) is 110 Å². The predicted octanol–water partition coefficient (Wildman–Crippen LogP) is -5.60. The molecule has 0 spiro atoms. The van der Waals surface area contributed by atoms with Gasteiger partial charge in [-0.2, -0.15) is 0 Å². The average molecular weight is 933 g/mol. The Morgan fingerprint density at radius 1 is 0.413 bits per heavy atom. The summed E-state index contributed by atoms with van der Waals surface area (Å²) in [5.41, 5.74) is 0. The number of aliphatic hydroxyl groups excluding tert-OH is 12. The third kappa shape index (κ3) is 34.1. The summed E-state index contributed by atoms with van der Waals surface area (Å²) < 4.78 is 55.7. The van der Waals surface area contributed by atoms with Crippen molar-refractivity contribution in [3.63, 3.8) is 0 Å². The number of hydrogen-bond acceptors (Lipinski definition) is 24. The van der Waals surface area contributed by atoms with Crippen molar-refractivity contribution in [3.8, 4) is 0 Å². The standard InChI is InChI=1S/C36H75NO20.C3H6O2.H3N/c1-25(2)56-35(16-46)23-54-33(14-44)20-51-29(10-40)6-37(7-30(11-41)52-21-34(15-45)55-24-36(17-47)57-26(3)4)5-28(9-39)50-19-32(13-43)53-22-31(12-42)49-18-27(48)8-38;4-1-3-2-5-3;/h25-36,38-48H,5-24H2,1-4H3;3-4H,1-2H2;1H3. The Bertz CT molecular complexity index is 937. The molecule has 24 heteroatoms. The molecule has 1 aliphatic rings. The van der Waals surface area contributed by atoms with Crippen LogP contribution in [0.2, 0.25) is 0 Å². The van der Waals surface area contributed by atoms with Gasteiger partial charge in [0.15, 0.2) is 0 Å². The summed E-state index contributed by atoms with van der Waals surface area (Å²) in [5.74, 6) is 0. The van der Waals surface area contributed by atoms with Crippen molar-refractivity contribution in [2.75, 3.05) is 145 Å². The maximum atomic E-state index is 10.3. The molecule has 1 heterocycles. The molecule has 11 atom stereocenters. The van der Waals surface area contributed by atoms with E-state index in [1.165, 1.54) is 0 Å². The summed E-state index contributed by atoms with van der Waals surface area (Å²) in [5, 5.41) is 116. The zero-order valence-corrected chi connectivity index (χ0v) is 37.7. The summed E-state index contributed by atoms with van der Waals surface area (Å²) in [4.78, 5) is 1.69. The molecule has 1 aliphatic heterocycles. The molecule has 24 nitrogen and oxygen atoms in total. The number of nitrogens with zero attached hydrogens (tertiary/aromatic N) is 1. The number of epoxide rings is 1. The van der Waals surface area contributed by atoms with Crippen LogP contribution in [0.3, 0.4) is 0 Å². The Morgan fingerprint density at radius 3 is 0.873 bits per heavy atom. The lowest BCUT2D eigenvalue weighted by Crippen LogP contribution is -2.48. The second kappa shape index (κ2) is 41.2. The van der Waals surface area contributed by atoms with Gasteiger partial charge >= 0.3 is 0 Å². The molecule has 0 bridgehead atoms. The Morgan fingerprint density at radius 2 is 0.667 bits per heavy atom. The highest BCUT2D eigenvalue weighted by molar-refractivity contribution is 4.76. The minimum absolute atomic E-state index is 0. The average Bonchev–Trinajstić information content (AvgIpc) is 4.12. The van der Waals surface area contributed by atoms with E-state index in [2.05, 4.69) is 4.74 Å². The molecular weight excluding hydrogens is 848 g/mol. The fourth-order valence-electron chi connectivity index (χ4n) is 5.16. The fourth-order valence-corrected chi connectivity index (χ4v) is 5.16. The summed E-state index contributed by atoms with van der Waals surface area (Å²) in [6.07, 6.45) is -8.60. The molecular formula is C39H84N2O22. The predicted molar refractivity (Wildman–Crippen MR) is 223 cm³/mol. The second-order valence-electron chi connectivity index (χ2n) is 15.1. The molecule has 0 radical (unpaired) electrons. The highest BCUT2D eigenvalue weighted by atomic mass is 16.6. The Balaban J connectivity index is 0. The monoisotopic (exact) mass is 933 g/mol. The van der Waals surface area contributed by atoms with Gasteiger partial charge in [0.25, 0.3) is 0 Å². The first-order valence-corrected chi connectivity index (χ1v) is 21.1. The minimum atomic E-state index is -1.14. The van der Waals surface area contributed by atoms with Crippen molar-refractivity contribution < 1.29 is 109 Å². The van der Waals surface area contributed by atoms with E-state index >= 15 is 0 Å². The van der Waals surface area contributed by atoms with Gasteiger partial charge in [-0.15, -0.1) is 0 Å². The molecule has 63 heavy (non-hydrogen) atoms.